The Morgan fingerprint density at radius 3 is 1.90 bits per heavy atom. The molecule has 0 unspecified atom stereocenters. The molecule has 0 fully saturated rings. The van der Waals surface area contributed by atoms with Gasteiger partial charge in [-0.25, -0.2) is 0 Å². The molecular weight excluding hydrogens is 316 g/mol. The predicted octanol–water partition coefficient (Wildman–Crippen LogP) is 2.66. The van der Waals surface area contributed by atoms with Crippen LogP contribution in [0.5, 0.6) is 0 Å². The number of carbonyl (C=O) groups is 1. The molecule has 0 amide bonds. The van der Waals surface area contributed by atoms with Gasteiger partial charge in [0.1, 0.15) is 5.76 Å². The second kappa shape index (κ2) is 23.0. The van der Waals surface area contributed by atoms with Gasteiger partial charge >= 0.3 is 39.9 Å². The largest absolute Gasteiger partial charge is 0 e. The number of rotatable bonds is 3. The minimum atomic E-state index is -0.354. The van der Waals surface area contributed by atoms with E-state index in [1.54, 1.807) is 6.08 Å². The topological polar surface area (TPSA) is 86.0 Å². The van der Waals surface area contributed by atoms with E-state index in [0.29, 0.717) is 5.76 Å². The number of esters is 1. The quantitative estimate of drug-likeness (QED) is 0.213. The number of hydrogen-bond acceptors (Lipinski definition) is 2. The average Bonchev–Trinajstić information content (AvgIpc) is 2.52. The molecular formula is C15H12FeO5. The summed E-state index contributed by atoms with van der Waals surface area (Å²) < 4.78 is 27.3. The molecule has 1 aromatic rings. The molecule has 21 heavy (non-hydrogen) atoms. The molecule has 0 N–H and O–H groups in total. The van der Waals surface area contributed by atoms with Crippen molar-refractivity contribution in [2.45, 2.75) is 6.92 Å². The molecule has 5 nitrogen and oxygen atoms in total. The first-order valence-electron chi connectivity index (χ1n) is 4.90. The Bertz CT molecular complexity index is 458. The van der Waals surface area contributed by atoms with Crippen LogP contribution >= 0.6 is 0 Å². The van der Waals surface area contributed by atoms with Gasteiger partial charge < -0.3 is 4.74 Å². The number of benzene rings is 1. The summed E-state index contributed by atoms with van der Waals surface area (Å²) >= 11 is 0. The summed E-state index contributed by atoms with van der Waals surface area (Å²) in [5, 5.41) is 0. The molecule has 0 radical (unpaired) electrons. The van der Waals surface area contributed by atoms with Gasteiger partial charge in [0.15, 0.2) is 0 Å². The van der Waals surface area contributed by atoms with E-state index in [9.17, 15) is 4.79 Å². The molecule has 1 aromatic carbocycles. The maximum atomic E-state index is 10.5. The molecule has 0 spiro atoms. The molecule has 1 rings (SSSR count). The zero-order valence-corrected chi connectivity index (χ0v) is 12.2. The maximum Gasteiger partial charge on any atom is 0 e. The monoisotopic (exact) mass is 328 g/mol. The molecule has 0 aliphatic heterocycles. The standard InChI is InChI=1S/C12H12O2.3CO.Fe/c1-10(14-11(2)13)8-9-12-6-4-3-5-7-12;3*1-2;/h3-9H,1H2,2H3;;;;/b9-8+;;;;. The van der Waals surface area contributed by atoms with E-state index in [0.717, 1.165) is 5.56 Å². The Kier molecular flexibility index (Phi) is 29.9. The summed E-state index contributed by atoms with van der Waals surface area (Å²) in [4.78, 5) is 10.5. The molecule has 0 atom stereocenters. The predicted molar refractivity (Wildman–Crippen MR) is 68.2 cm³/mol. The Morgan fingerprint density at radius 1 is 1.10 bits per heavy atom. The van der Waals surface area contributed by atoms with Gasteiger partial charge in [-0.05, 0) is 11.6 Å². The third-order valence-electron chi connectivity index (χ3n) is 1.54. The van der Waals surface area contributed by atoms with E-state index in [1.165, 1.54) is 6.92 Å². The first-order valence-corrected chi connectivity index (χ1v) is 4.90. The molecule has 0 aromatic heterocycles. The number of allylic oxidation sites excluding steroid dienone is 1. The number of carbonyl (C=O) groups excluding carboxylic acids is 1. The van der Waals surface area contributed by atoms with Gasteiger partial charge in [-0.2, -0.15) is 0 Å². The summed E-state index contributed by atoms with van der Waals surface area (Å²) in [5.74, 6) is -0.00550. The Balaban J connectivity index is -0.000000183. The van der Waals surface area contributed by atoms with E-state index >= 15 is 0 Å². The van der Waals surface area contributed by atoms with Crippen molar-refractivity contribution in [3.8, 4) is 0 Å². The zero-order valence-electron chi connectivity index (χ0n) is 11.1. The summed E-state index contributed by atoms with van der Waals surface area (Å²) in [6.45, 7) is 18.4. The fourth-order valence-corrected chi connectivity index (χ4v) is 0.972. The zero-order chi connectivity index (χ0) is 16.4. The van der Waals surface area contributed by atoms with E-state index in [1.807, 2.05) is 36.4 Å². The Morgan fingerprint density at radius 2 is 1.52 bits per heavy atom. The molecule has 110 valence electrons. The van der Waals surface area contributed by atoms with E-state index in [2.05, 4.69) is 26.5 Å². The molecule has 0 aliphatic rings. The third kappa shape index (κ3) is 20.4. The van der Waals surface area contributed by atoms with Crippen molar-refractivity contribution in [2.24, 2.45) is 0 Å². The van der Waals surface area contributed by atoms with Gasteiger partial charge in [0.05, 0.1) is 0 Å². The van der Waals surface area contributed by atoms with Crippen LogP contribution in [0.2, 0.25) is 0 Å². The van der Waals surface area contributed by atoms with Crippen molar-refractivity contribution >= 4 is 12.0 Å². The molecule has 0 heterocycles. The SMILES string of the molecule is C=C(/C=C/c1ccccc1)OC(C)=O.[C-]#[O+].[C-]#[O+].[C-]#[O+].[Fe]. The minimum absolute atomic E-state index is 0. The van der Waals surface area contributed by atoms with Crippen LogP contribution in [0, 0.1) is 20.0 Å². The van der Waals surface area contributed by atoms with Crippen LogP contribution in [0.4, 0.5) is 0 Å². The van der Waals surface area contributed by atoms with Gasteiger partial charge in [-0.1, -0.05) is 43.0 Å². The summed E-state index contributed by atoms with van der Waals surface area (Å²) in [5.41, 5.74) is 1.04. The van der Waals surface area contributed by atoms with Crippen LogP contribution in [0.1, 0.15) is 12.5 Å². The van der Waals surface area contributed by atoms with Crippen molar-refractivity contribution in [3.05, 3.63) is 74.3 Å². The fourth-order valence-electron chi connectivity index (χ4n) is 0.972. The van der Waals surface area contributed by atoms with Gasteiger partial charge in [-0.3, -0.25) is 4.79 Å². The van der Waals surface area contributed by atoms with E-state index in [4.69, 9.17) is 18.7 Å². The smallest absolute Gasteiger partial charge is 0 e. The van der Waals surface area contributed by atoms with Crippen LogP contribution in [-0.2, 0) is 40.6 Å². The van der Waals surface area contributed by atoms with Crippen molar-refractivity contribution < 1.29 is 40.6 Å². The van der Waals surface area contributed by atoms with Crippen LogP contribution < -0.4 is 0 Å². The molecule has 0 saturated carbocycles. The van der Waals surface area contributed by atoms with Crippen LogP contribution in [0.3, 0.4) is 0 Å². The molecule has 0 aliphatic carbocycles. The minimum Gasteiger partial charge on any atom is 0 e. The normalized spacial score (nSPS) is 7.00. The van der Waals surface area contributed by atoms with Crippen molar-refractivity contribution in [3.63, 3.8) is 0 Å². The van der Waals surface area contributed by atoms with Crippen LogP contribution in [0.25, 0.3) is 6.08 Å². The van der Waals surface area contributed by atoms with Crippen LogP contribution in [0.15, 0.2) is 48.7 Å². The Labute approximate surface area is 134 Å². The van der Waals surface area contributed by atoms with E-state index in [-0.39, 0.29) is 23.0 Å². The van der Waals surface area contributed by atoms with Gasteiger partial charge in [0.25, 0.3) is 0 Å². The van der Waals surface area contributed by atoms with E-state index < -0.39 is 0 Å². The first kappa shape index (κ1) is 27.3. The van der Waals surface area contributed by atoms with Gasteiger partial charge in [0.2, 0.25) is 0 Å². The Hall–Kier alpha value is -2.09. The second-order valence-corrected chi connectivity index (χ2v) is 2.80. The van der Waals surface area contributed by atoms with Crippen molar-refractivity contribution in [2.75, 3.05) is 0 Å². The van der Waals surface area contributed by atoms with Crippen molar-refractivity contribution in [1.82, 2.24) is 0 Å². The van der Waals surface area contributed by atoms with Gasteiger partial charge in [-0.15, -0.1) is 0 Å². The first-order chi connectivity index (χ1) is 9.68. The van der Waals surface area contributed by atoms with Crippen molar-refractivity contribution in [1.29, 1.82) is 0 Å². The van der Waals surface area contributed by atoms with Gasteiger partial charge in [0, 0.05) is 24.0 Å². The fraction of sp³-hybridized carbons (Fsp3) is 0.0667. The third-order valence-corrected chi connectivity index (χ3v) is 1.54. The summed E-state index contributed by atoms with van der Waals surface area (Å²) in [6, 6.07) is 9.73. The number of hydrogen-bond donors (Lipinski definition) is 0. The summed E-state index contributed by atoms with van der Waals surface area (Å²) in [7, 11) is 0. The second-order valence-electron chi connectivity index (χ2n) is 2.80. The molecule has 0 bridgehead atoms. The number of ether oxygens (including phenoxy) is 1. The van der Waals surface area contributed by atoms with Crippen LogP contribution in [-0.4, -0.2) is 5.97 Å². The maximum absolute atomic E-state index is 10.5. The summed E-state index contributed by atoms with van der Waals surface area (Å²) in [6.07, 6.45) is 3.50. The molecule has 0 saturated heterocycles. The molecule has 6 heteroatoms. The average molecular weight is 328 g/mol.